The van der Waals surface area contributed by atoms with E-state index in [0.717, 1.165) is 12.8 Å². The number of rotatable bonds is 3. The molecule has 1 aliphatic rings. The van der Waals surface area contributed by atoms with Crippen LogP contribution in [0.5, 0.6) is 0 Å². The predicted molar refractivity (Wildman–Crippen MR) is 65.6 cm³/mol. The molecule has 5 heteroatoms. The predicted octanol–water partition coefficient (Wildman–Crippen LogP) is 2.14. The highest BCUT2D eigenvalue weighted by molar-refractivity contribution is 5.94. The Morgan fingerprint density at radius 1 is 1.56 bits per heavy atom. The first-order valence-electron chi connectivity index (χ1n) is 5.93. The van der Waals surface area contributed by atoms with Crippen molar-refractivity contribution in [2.75, 3.05) is 25.1 Å². The second kappa shape index (κ2) is 5.35. The summed E-state index contributed by atoms with van der Waals surface area (Å²) in [4.78, 5) is 12.9. The number of benzene rings is 1. The summed E-state index contributed by atoms with van der Waals surface area (Å²) in [5.74, 6) is -1.60. The zero-order chi connectivity index (χ0) is 13.1. The van der Waals surface area contributed by atoms with Gasteiger partial charge in [0.25, 0.3) is 0 Å². The fourth-order valence-electron chi connectivity index (χ4n) is 2.34. The van der Waals surface area contributed by atoms with E-state index in [9.17, 15) is 9.18 Å². The Balaban J connectivity index is 2.34. The van der Waals surface area contributed by atoms with E-state index in [4.69, 9.17) is 9.84 Å². The van der Waals surface area contributed by atoms with Gasteiger partial charge < -0.3 is 14.7 Å². The van der Waals surface area contributed by atoms with E-state index in [1.165, 1.54) is 18.2 Å². The molecule has 0 bridgehead atoms. The first-order valence-corrected chi connectivity index (χ1v) is 5.93. The van der Waals surface area contributed by atoms with Gasteiger partial charge in [-0.1, -0.05) is 6.07 Å². The molecule has 0 aromatic heterocycles. The number of anilines is 1. The van der Waals surface area contributed by atoms with Crippen molar-refractivity contribution in [2.45, 2.75) is 18.9 Å². The van der Waals surface area contributed by atoms with E-state index >= 15 is 0 Å². The molecule has 0 radical (unpaired) electrons. The lowest BCUT2D eigenvalue weighted by Crippen LogP contribution is -2.40. The van der Waals surface area contributed by atoms with Crippen molar-refractivity contribution in [1.29, 1.82) is 0 Å². The molecule has 0 amide bonds. The molecule has 2 rings (SSSR count). The van der Waals surface area contributed by atoms with E-state index in [1.54, 1.807) is 12.0 Å². The highest BCUT2D eigenvalue weighted by atomic mass is 19.1. The molecule has 1 fully saturated rings. The van der Waals surface area contributed by atoms with Gasteiger partial charge in [-0.3, -0.25) is 0 Å². The van der Waals surface area contributed by atoms with Crippen LogP contribution in [0.2, 0.25) is 0 Å². The molecule has 1 atom stereocenters. The van der Waals surface area contributed by atoms with Gasteiger partial charge in [-0.25, -0.2) is 9.18 Å². The summed E-state index contributed by atoms with van der Waals surface area (Å²) in [6, 6.07) is 4.13. The second-order valence-electron chi connectivity index (χ2n) is 4.39. The molecule has 0 saturated carbocycles. The fraction of sp³-hybridized carbons (Fsp3) is 0.462. The smallest absolute Gasteiger partial charge is 0.337 e. The summed E-state index contributed by atoms with van der Waals surface area (Å²) >= 11 is 0. The first-order chi connectivity index (χ1) is 8.63. The topological polar surface area (TPSA) is 49.8 Å². The summed E-state index contributed by atoms with van der Waals surface area (Å²) in [6.07, 6.45) is 1.82. The lowest BCUT2D eigenvalue weighted by atomic mass is 10.0. The fourth-order valence-corrected chi connectivity index (χ4v) is 2.34. The molecule has 18 heavy (non-hydrogen) atoms. The highest BCUT2D eigenvalue weighted by Crippen LogP contribution is 2.28. The number of hydrogen-bond donors (Lipinski definition) is 1. The van der Waals surface area contributed by atoms with E-state index in [0.29, 0.717) is 13.1 Å². The second-order valence-corrected chi connectivity index (χ2v) is 4.39. The summed E-state index contributed by atoms with van der Waals surface area (Å²) in [5, 5.41) is 9.12. The Hall–Kier alpha value is -1.62. The van der Waals surface area contributed by atoms with E-state index in [1.807, 2.05) is 0 Å². The van der Waals surface area contributed by atoms with E-state index < -0.39 is 11.8 Å². The average molecular weight is 253 g/mol. The van der Waals surface area contributed by atoms with Crippen LogP contribution in [-0.2, 0) is 4.74 Å². The van der Waals surface area contributed by atoms with Gasteiger partial charge >= 0.3 is 5.97 Å². The van der Waals surface area contributed by atoms with Crippen LogP contribution >= 0.6 is 0 Å². The Bertz CT molecular complexity index is 450. The average Bonchev–Trinajstić information content (AvgIpc) is 2.38. The molecule has 1 unspecified atom stereocenters. The molecule has 1 aliphatic heterocycles. The lowest BCUT2D eigenvalue weighted by molar-refractivity contribution is 0.0694. The van der Waals surface area contributed by atoms with Gasteiger partial charge in [0.1, 0.15) is 5.82 Å². The number of carboxylic acid groups (broad SMARTS) is 1. The van der Waals surface area contributed by atoms with Gasteiger partial charge in [0, 0.05) is 20.2 Å². The van der Waals surface area contributed by atoms with Crippen LogP contribution in [0.3, 0.4) is 0 Å². The number of nitrogens with zero attached hydrogens (tertiary/aromatic N) is 1. The molecule has 1 heterocycles. The third kappa shape index (κ3) is 2.46. The third-order valence-corrected chi connectivity index (χ3v) is 3.24. The Kier molecular flexibility index (Phi) is 3.81. The standard InChI is InChI=1S/C13H16FNO3/c1-18-9-4-3-7-15(8-9)12-10(13(16)17)5-2-6-11(12)14/h2,5-6,9H,3-4,7-8H2,1H3,(H,16,17). The van der Waals surface area contributed by atoms with E-state index in [2.05, 4.69) is 0 Å². The highest BCUT2D eigenvalue weighted by Gasteiger charge is 2.25. The molecule has 1 N–H and O–H groups in total. The van der Waals surface area contributed by atoms with Gasteiger partial charge in [0.2, 0.25) is 0 Å². The third-order valence-electron chi connectivity index (χ3n) is 3.24. The largest absolute Gasteiger partial charge is 0.478 e. The Morgan fingerprint density at radius 3 is 3.00 bits per heavy atom. The number of carbonyl (C=O) groups is 1. The van der Waals surface area contributed by atoms with Crippen LogP contribution in [-0.4, -0.2) is 37.4 Å². The number of halogens is 1. The number of ether oxygens (including phenoxy) is 1. The minimum absolute atomic E-state index is 0.00625. The van der Waals surface area contributed by atoms with Crippen LogP contribution < -0.4 is 4.90 Å². The van der Waals surface area contributed by atoms with Crippen molar-refractivity contribution in [3.63, 3.8) is 0 Å². The summed E-state index contributed by atoms with van der Waals surface area (Å²) in [5.41, 5.74) is 0.179. The SMILES string of the molecule is COC1CCCN(c2c(F)cccc2C(=O)O)C1. The number of hydrogen-bond acceptors (Lipinski definition) is 3. The molecule has 98 valence electrons. The molecular weight excluding hydrogens is 237 g/mol. The van der Waals surface area contributed by atoms with Crippen LogP contribution in [0.4, 0.5) is 10.1 Å². The summed E-state index contributed by atoms with van der Waals surface area (Å²) in [6.45, 7) is 1.18. The molecule has 1 aromatic rings. The van der Waals surface area contributed by atoms with Gasteiger partial charge in [-0.2, -0.15) is 0 Å². The maximum Gasteiger partial charge on any atom is 0.337 e. The van der Waals surface area contributed by atoms with Crippen LogP contribution in [0.25, 0.3) is 0 Å². The molecule has 4 nitrogen and oxygen atoms in total. The Morgan fingerprint density at radius 2 is 2.33 bits per heavy atom. The summed E-state index contributed by atoms with van der Waals surface area (Å²) < 4.78 is 19.2. The van der Waals surface area contributed by atoms with E-state index in [-0.39, 0.29) is 17.4 Å². The summed E-state index contributed by atoms with van der Waals surface area (Å²) in [7, 11) is 1.62. The van der Waals surface area contributed by atoms with Crippen molar-refractivity contribution in [2.24, 2.45) is 0 Å². The van der Waals surface area contributed by atoms with Crippen LogP contribution in [0.1, 0.15) is 23.2 Å². The van der Waals surface area contributed by atoms with Crippen molar-refractivity contribution in [3.8, 4) is 0 Å². The van der Waals surface area contributed by atoms with Gasteiger partial charge in [0.15, 0.2) is 0 Å². The number of para-hydroxylation sites is 1. The maximum atomic E-state index is 13.9. The minimum Gasteiger partial charge on any atom is -0.478 e. The molecule has 1 aromatic carbocycles. The van der Waals surface area contributed by atoms with Crippen molar-refractivity contribution in [3.05, 3.63) is 29.6 Å². The van der Waals surface area contributed by atoms with Crippen LogP contribution in [0.15, 0.2) is 18.2 Å². The Labute approximate surface area is 105 Å². The normalized spacial score (nSPS) is 19.9. The van der Waals surface area contributed by atoms with Gasteiger partial charge in [-0.15, -0.1) is 0 Å². The van der Waals surface area contributed by atoms with Crippen LogP contribution in [0, 0.1) is 5.82 Å². The minimum atomic E-state index is -1.11. The number of carboxylic acids is 1. The van der Waals surface area contributed by atoms with Gasteiger partial charge in [0.05, 0.1) is 17.4 Å². The molecular formula is C13H16FNO3. The number of piperidine rings is 1. The molecule has 0 aliphatic carbocycles. The lowest BCUT2D eigenvalue weighted by Gasteiger charge is -2.34. The first kappa shape index (κ1) is 12.8. The van der Waals surface area contributed by atoms with Crippen molar-refractivity contribution in [1.82, 2.24) is 0 Å². The quantitative estimate of drug-likeness (QED) is 0.896. The van der Waals surface area contributed by atoms with Gasteiger partial charge in [-0.05, 0) is 25.0 Å². The van der Waals surface area contributed by atoms with Crippen molar-refractivity contribution < 1.29 is 19.0 Å². The molecule has 1 saturated heterocycles. The molecule has 0 spiro atoms. The van der Waals surface area contributed by atoms with Crippen molar-refractivity contribution >= 4 is 11.7 Å². The number of methoxy groups -OCH3 is 1. The zero-order valence-corrected chi connectivity index (χ0v) is 10.2. The maximum absolute atomic E-state index is 13.9. The number of aromatic carboxylic acids is 1. The monoisotopic (exact) mass is 253 g/mol. The zero-order valence-electron chi connectivity index (χ0n) is 10.2.